The lowest BCUT2D eigenvalue weighted by Gasteiger charge is -2.30. The maximum Gasteiger partial charge on any atom is 0.140 e. The van der Waals surface area contributed by atoms with Gasteiger partial charge in [-0.1, -0.05) is 0 Å². The van der Waals surface area contributed by atoms with Crippen LogP contribution in [0.3, 0.4) is 0 Å². The highest BCUT2D eigenvalue weighted by atomic mass is 16.1. The van der Waals surface area contributed by atoms with Crippen LogP contribution in [-0.2, 0) is 14.4 Å². The van der Waals surface area contributed by atoms with Gasteiger partial charge in [0.15, 0.2) is 0 Å². The van der Waals surface area contributed by atoms with Crippen LogP contribution in [0.25, 0.3) is 0 Å². The van der Waals surface area contributed by atoms with E-state index in [4.69, 9.17) is 0 Å². The number of ketones is 3. The Hall–Kier alpha value is -0.990. The van der Waals surface area contributed by atoms with Gasteiger partial charge in [-0.05, 0) is 0 Å². The summed E-state index contributed by atoms with van der Waals surface area (Å²) in [6.45, 7) is 0. The van der Waals surface area contributed by atoms with Crippen molar-refractivity contribution < 1.29 is 14.4 Å². The number of carbonyl (C=O) groups is 3. The number of Topliss-reactive ketones (excluding diaryl/α,β-unsaturated/α-hetero) is 3. The highest BCUT2D eigenvalue weighted by molar-refractivity contribution is 6.03. The van der Waals surface area contributed by atoms with Gasteiger partial charge >= 0.3 is 0 Å². The third kappa shape index (κ3) is 1.09. The molecule has 0 N–H and O–H groups in total. The van der Waals surface area contributed by atoms with Crippen LogP contribution in [0.4, 0.5) is 0 Å². The van der Waals surface area contributed by atoms with Gasteiger partial charge in [0, 0.05) is 37.5 Å². The minimum atomic E-state index is -0.266. The first-order valence-corrected chi connectivity index (χ1v) is 4.24. The number of carbonyl (C=O) groups excluding carboxylic acids is 3. The second-order valence-corrected chi connectivity index (χ2v) is 3.69. The maximum atomic E-state index is 11.4. The van der Waals surface area contributed by atoms with Gasteiger partial charge in [0.1, 0.15) is 17.3 Å². The number of hydrogen-bond donors (Lipinski definition) is 0. The van der Waals surface area contributed by atoms with Crippen molar-refractivity contribution in [3.8, 4) is 0 Å². The molecule has 2 aliphatic rings. The van der Waals surface area contributed by atoms with Crippen LogP contribution in [0.5, 0.6) is 0 Å². The molecule has 0 aliphatic heterocycles. The van der Waals surface area contributed by atoms with E-state index in [-0.39, 0.29) is 29.2 Å². The molecule has 0 aromatic rings. The molecule has 2 bridgehead atoms. The van der Waals surface area contributed by atoms with E-state index < -0.39 is 0 Å². The van der Waals surface area contributed by atoms with E-state index in [1.807, 2.05) is 0 Å². The minimum absolute atomic E-state index is 0.147. The van der Waals surface area contributed by atoms with Crippen molar-refractivity contribution in [3.63, 3.8) is 0 Å². The summed E-state index contributed by atoms with van der Waals surface area (Å²) in [5.41, 5.74) is 0. The monoisotopic (exact) mass is 166 g/mol. The summed E-state index contributed by atoms with van der Waals surface area (Å²) in [7, 11) is 0. The fraction of sp³-hybridized carbons (Fsp3) is 0.667. The Balaban J connectivity index is 2.24. The molecule has 64 valence electrons. The molecule has 2 fully saturated rings. The lowest BCUT2D eigenvalue weighted by Crippen LogP contribution is -2.40. The van der Waals surface area contributed by atoms with E-state index in [2.05, 4.69) is 0 Å². The Kier molecular flexibility index (Phi) is 1.60. The van der Waals surface area contributed by atoms with Gasteiger partial charge in [0.25, 0.3) is 0 Å². The first kappa shape index (κ1) is 7.65. The van der Waals surface area contributed by atoms with Crippen molar-refractivity contribution in [2.45, 2.75) is 25.7 Å². The van der Waals surface area contributed by atoms with Gasteiger partial charge in [0.05, 0.1) is 0 Å². The normalized spacial score (nSPS) is 35.5. The van der Waals surface area contributed by atoms with E-state index in [0.29, 0.717) is 25.7 Å². The molecule has 0 atom stereocenters. The topological polar surface area (TPSA) is 51.2 Å². The molecule has 0 aromatic heterocycles. The Morgan fingerprint density at radius 3 is 1.42 bits per heavy atom. The van der Waals surface area contributed by atoms with Gasteiger partial charge in [-0.3, -0.25) is 14.4 Å². The Bertz CT molecular complexity index is 225. The third-order valence-electron chi connectivity index (χ3n) is 2.70. The van der Waals surface area contributed by atoms with Crippen LogP contribution >= 0.6 is 0 Å². The summed E-state index contributed by atoms with van der Waals surface area (Å²) in [4.78, 5) is 33.5. The van der Waals surface area contributed by atoms with Crippen LogP contribution in [0.15, 0.2) is 0 Å². The fourth-order valence-electron chi connectivity index (χ4n) is 2.15. The zero-order valence-corrected chi connectivity index (χ0v) is 6.71. The van der Waals surface area contributed by atoms with E-state index in [9.17, 15) is 14.4 Å². The molecule has 3 heteroatoms. The molecule has 0 aromatic carbocycles. The number of rotatable bonds is 0. The average Bonchev–Trinajstić information content (AvgIpc) is 1.94. The van der Waals surface area contributed by atoms with Crippen molar-refractivity contribution in [2.75, 3.05) is 0 Å². The summed E-state index contributed by atoms with van der Waals surface area (Å²) in [6.07, 6.45) is 1.23. The molecule has 3 nitrogen and oxygen atoms in total. The van der Waals surface area contributed by atoms with E-state index in [1.165, 1.54) is 0 Å². The average molecular weight is 166 g/mol. The van der Waals surface area contributed by atoms with Gasteiger partial charge in [0.2, 0.25) is 0 Å². The van der Waals surface area contributed by atoms with Crippen LogP contribution in [0, 0.1) is 11.8 Å². The third-order valence-corrected chi connectivity index (χ3v) is 2.70. The van der Waals surface area contributed by atoms with E-state index >= 15 is 0 Å². The number of fused-ring (bicyclic) bond motifs is 2. The molecule has 2 saturated carbocycles. The fourth-order valence-corrected chi connectivity index (χ4v) is 2.15. The van der Waals surface area contributed by atoms with Crippen LogP contribution in [0.2, 0.25) is 0 Å². The van der Waals surface area contributed by atoms with Crippen LogP contribution in [0.1, 0.15) is 25.7 Å². The zero-order valence-electron chi connectivity index (χ0n) is 6.71. The highest BCUT2D eigenvalue weighted by Gasteiger charge is 2.41. The zero-order chi connectivity index (χ0) is 8.72. The van der Waals surface area contributed by atoms with Gasteiger partial charge in [-0.2, -0.15) is 0 Å². The van der Waals surface area contributed by atoms with Crippen LogP contribution < -0.4 is 0 Å². The molecular formula is C9H10O3. The molecule has 0 heterocycles. The standard InChI is InChI=1S/C9H10O3/c10-7-1-5-2-8(11)4-6(3-7)9(5)12/h5-6H,1-4H2. The first-order chi connectivity index (χ1) is 5.66. The Morgan fingerprint density at radius 1 is 0.750 bits per heavy atom. The van der Waals surface area contributed by atoms with E-state index in [1.54, 1.807) is 0 Å². The predicted molar refractivity (Wildman–Crippen MR) is 40.5 cm³/mol. The molecular weight excluding hydrogens is 156 g/mol. The first-order valence-electron chi connectivity index (χ1n) is 4.24. The molecule has 0 saturated heterocycles. The Labute approximate surface area is 70.1 Å². The van der Waals surface area contributed by atoms with Gasteiger partial charge in [-0.25, -0.2) is 0 Å². The van der Waals surface area contributed by atoms with Crippen molar-refractivity contribution in [1.82, 2.24) is 0 Å². The maximum absolute atomic E-state index is 11.4. The SMILES string of the molecule is O=C1CC2CC(=O)CC(C1)C2=O. The lowest BCUT2D eigenvalue weighted by molar-refractivity contribution is -0.144. The molecule has 0 unspecified atom stereocenters. The second-order valence-electron chi connectivity index (χ2n) is 3.69. The highest BCUT2D eigenvalue weighted by Crippen LogP contribution is 2.33. The smallest absolute Gasteiger partial charge is 0.140 e. The minimum Gasteiger partial charge on any atom is -0.300 e. The molecule has 12 heavy (non-hydrogen) atoms. The van der Waals surface area contributed by atoms with Crippen molar-refractivity contribution >= 4 is 17.3 Å². The molecule has 0 spiro atoms. The predicted octanol–water partition coefficient (Wildman–Crippen LogP) is 0.514. The summed E-state index contributed by atoms with van der Waals surface area (Å²) >= 11 is 0. The molecule has 2 rings (SSSR count). The van der Waals surface area contributed by atoms with Gasteiger partial charge < -0.3 is 0 Å². The van der Waals surface area contributed by atoms with Crippen molar-refractivity contribution in [2.24, 2.45) is 11.8 Å². The molecule has 0 amide bonds. The summed E-state index contributed by atoms with van der Waals surface area (Å²) in [5.74, 6) is -0.0848. The summed E-state index contributed by atoms with van der Waals surface area (Å²) in [6, 6.07) is 0. The number of hydrogen-bond acceptors (Lipinski definition) is 3. The molecule has 2 aliphatic carbocycles. The van der Waals surface area contributed by atoms with Crippen LogP contribution in [-0.4, -0.2) is 17.3 Å². The second kappa shape index (κ2) is 2.51. The van der Waals surface area contributed by atoms with Crippen molar-refractivity contribution in [3.05, 3.63) is 0 Å². The van der Waals surface area contributed by atoms with E-state index in [0.717, 1.165) is 0 Å². The van der Waals surface area contributed by atoms with Crippen molar-refractivity contribution in [1.29, 1.82) is 0 Å². The molecule has 0 radical (unpaired) electrons. The Morgan fingerprint density at radius 2 is 1.08 bits per heavy atom. The summed E-state index contributed by atoms with van der Waals surface area (Å²) < 4.78 is 0. The quantitative estimate of drug-likeness (QED) is 0.527. The summed E-state index contributed by atoms with van der Waals surface area (Å²) in [5, 5.41) is 0. The lowest BCUT2D eigenvalue weighted by atomic mass is 9.70. The largest absolute Gasteiger partial charge is 0.300 e. The van der Waals surface area contributed by atoms with Gasteiger partial charge in [-0.15, -0.1) is 0 Å².